The fourth-order valence-electron chi connectivity index (χ4n) is 3.52. The predicted octanol–water partition coefficient (Wildman–Crippen LogP) is 1.08. The van der Waals surface area contributed by atoms with Crippen LogP contribution in [0, 0.1) is 0 Å². The zero-order valence-corrected chi connectivity index (χ0v) is 16.1. The number of carbonyl (C=O) groups excluding carboxylic acids is 2. The van der Waals surface area contributed by atoms with Gasteiger partial charge in [-0.15, -0.1) is 0 Å². The molecule has 3 unspecified atom stereocenters. The average Bonchev–Trinajstić information content (AvgIpc) is 2.73. The Morgan fingerprint density at radius 3 is 2.24 bits per heavy atom. The van der Waals surface area contributed by atoms with E-state index >= 15 is 0 Å². The number of hydrogen-bond acceptors (Lipinski definition) is 6. The van der Waals surface area contributed by atoms with Gasteiger partial charge in [0, 0.05) is 13.3 Å². The van der Waals surface area contributed by atoms with Crippen molar-refractivity contribution in [3.05, 3.63) is 71.8 Å². The lowest BCUT2D eigenvalue weighted by atomic mass is 9.89. The van der Waals surface area contributed by atoms with E-state index in [4.69, 9.17) is 9.47 Å². The second kappa shape index (κ2) is 9.65. The van der Waals surface area contributed by atoms with E-state index in [-0.39, 0.29) is 5.91 Å². The van der Waals surface area contributed by atoms with Crippen LogP contribution in [0.1, 0.15) is 22.8 Å². The number of aliphatic hydroxyl groups excluding tert-OH is 2. The van der Waals surface area contributed by atoms with Crippen molar-refractivity contribution in [2.75, 3.05) is 6.61 Å². The van der Waals surface area contributed by atoms with E-state index in [1.165, 1.54) is 6.92 Å². The van der Waals surface area contributed by atoms with Crippen molar-refractivity contribution in [3.63, 3.8) is 0 Å². The fourth-order valence-corrected chi connectivity index (χ4v) is 3.52. The minimum atomic E-state index is -1.29. The van der Waals surface area contributed by atoms with Gasteiger partial charge in [-0.1, -0.05) is 48.5 Å². The molecule has 0 radical (unpaired) electrons. The monoisotopic (exact) mass is 399 g/mol. The Morgan fingerprint density at radius 2 is 1.66 bits per heavy atom. The molecule has 0 bridgehead atoms. The number of carbonyl (C=O) groups is 2. The van der Waals surface area contributed by atoms with E-state index in [1.54, 1.807) is 30.3 Å². The molecule has 7 heteroatoms. The standard InChI is InChI=1S/C22H25NO6/c1-14(25)23-19-17(12-15-8-4-2-5-9-15)28-18(13-24)20(26)21(19)29-22(27)16-10-6-3-7-11-16/h2-11,17-21,24,26H,12-13H2,1H3,(H,23,25)/t17?,18?,19?,20-,21+/m0/s1. The highest BCUT2D eigenvalue weighted by molar-refractivity contribution is 5.89. The minimum Gasteiger partial charge on any atom is -0.454 e. The Balaban J connectivity index is 1.88. The first-order valence-electron chi connectivity index (χ1n) is 9.51. The van der Waals surface area contributed by atoms with E-state index in [0.29, 0.717) is 12.0 Å². The van der Waals surface area contributed by atoms with Crippen LogP contribution in [0.5, 0.6) is 0 Å². The molecule has 1 aliphatic heterocycles. The van der Waals surface area contributed by atoms with Gasteiger partial charge >= 0.3 is 5.97 Å². The van der Waals surface area contributed by atoms with E-state index < -0.39 is 43.0 Å². The maximum absolute atomic E-state index is 12.6. The summed E-state index contributed by atoms with van der Waals surface area (Å²) < 4.78 is 11.5. The number of aliphatic hydroxyl groups is 2. The molecule has 3 N–H and O–H groups in total. The van der Waals surface area contributed by atoms with Gasteiger partial charge in [-0.2, -0.15) is 0 Å². The zero-order valence-electron chi connectivity index (χ0n) is 16.1. The SMILES string of the molecule is CC(=O)NC1C(Cc2ccccc2)OC(CO)[C@H](O)[C@@H]1OC(=O)c1ccccc1. The summed E-state index contributed by atoms with van der Waals surface area (Å²) in [5.41, 5.74) is 1.28. The number of rotatable bonds is 6. The Labute approximate surface area is 169 Å². The van der Waals surface area contributed by atoms with Gasteiger partial charge in [-0.3, -0.25) is 4.79 Å². The van der Waals surface area contributed by atoms with Gasteiger partial charge in [0.25, 0.3) is 0 Å². The maximum Gasteiger partial charge on any atom is 0.338 e. The van der Waals surface area contributed by atoms with Crippen molar-refractivity contribution in [3.8, 4) is 0 Å². The van der Waals surface area contributed by atoms with Gasteiger partial charge in [-0.25, -0.2) is 4.79 Å². The molecule has 1 aliphatic rings. The van der Waals surface area contributed by atoms with Crippen molar-refractivity contribution in [2.24, 2.45) is 0 Å². The van der Waals surface area contributed by atoms with Crippen LogP contribution in [0.25, 0.3) is 0 Å². The van der Waals surface area contributed by atoms with Gasteiger partial charge in [0.2, 0.25) is 5.91 Å². The number of hydrogen-bond donors (Lipinski definition) is 3. The van der Waals surface area contributed by atoms with Crippen molar-refractivity contribution in [2.45, 2.75) is 43.8 Å². The first-order chi connectivity index (χ1) is 14.0. The van der Waals surface area contributed by atoms with Crippen LogP contribution in [-0.4, -0.2) is 59.2 Å². The summed E-state index contributed by atoms with van der Waals surface area (Å²) >= 11 is 0. The molecule has 0 aliphatic carbocycles. The Kier molecular flexibility index (Phi) is 6.98. The molecule has 0 aromatic heterocycles. The van der Waals surface area contributed by atoms with Gasteiger partial charge in [-0.05, 0) is 17.7 Å². The topological polar surface area (TPSA) is 105 Å². The average molecular weight is 399 g/mol. The van der Waals surface area contributed by atoms with Crippen LogP contribution in [0.15, 0.2) is 60.7 Å². The lowest BCUT2D eigenvalue weighted by molar-refractivity contribution is -0.195. The highest BCUT2D eigenvalue weighted by atomic mass is 16.6. The van der Waals surface area contributed by atoms with E-state index in [0.717, 1.165) is 5.56 Å². The number of esters is 1. The first kappa shape index (κ1) is 21.0. The molecule has 5 atom stereocenters. The molecule has 1 heterocycles. The molecule has 154 valence electrons. The zero-order chi connectivity index (χ0) is 20.8. The summed E-state index contributed by atoms with van der Waals surface area (Å²) in [6, 6.07) is 17.1. The smallest absolute Gasteiger partial charge is 0.338 e. The molecular weight excluding hydrogens is 374 g/mol. The van der Waals surface area contributed by atoms with Crippen LogP contribution < -0.4 is 5.32 Å². The molecule has 2 aromatic carbocycles. The molecule has 29 heavy (non-hydrogen) atoms. The normalized spacial score (nSPS) is 26.5. The van der Waals surface area contributed by atoms with Gasteiger partial charge in [0.15, 0.2) is 6.10 Å². The van der Waals surface area contributed by atoms with Gasteiger partial charge < -0.3 is 25.0 Å². The van der Waals surface area contributed by atoms with Crippen LogP contribution in [0.4, 0.5) is 0 Å². The molecule has 0 saturated carbocycles. The molecule has 1 fully saturated rings. The summed E-state index contributed by atoms with van der Waals surface area (Å²) in [6.07, 6.45) is -3.51. The lowest BCUT2D eigenvalue weighted by Gasteiger charge is -2.44. The molecule has 7 nitrogen and oxygen atoms in total. The van der Waals surface area contributed by atoms with Crippen molar-refractivity contribution < 1.29 is 29.3 Å². The second-order valence-corrected chi connectivity index (χ2v) is 7.04. The number of amides is 1. The summed E-state index contributed by atoms with van der Waals surface area (Å²) in [5, 5.41) is 23.1. The van der Waals surface area contributed by atoms with Crippen LogP contribution in [0.3, 0.4) is 0 Å². The van der Waals surface area contributed by atoms with Gasteiger partial charge in [0.05, 0.1) is 24.3 Å². The highest BCUT2D eigenvalue weighted by Crippen LogP contribution is 2.27. The van der Waals surface area contributed by atoms with Crippen LogP contribution in [0.2, 0.25) is 0 Å². The number of ether oxygens (including phenoxy) is 2. The van der Waals surface area contributed by atoms with E-state index in [1.807, 2.05) is 30.3 Å². The number of nitrogens with one attached hydrogen (secondary N) is 1. The second-order valence-electron chi connectivity index (χ2n) is 7.04. The summed E-state index contributed by atoms with van der Waals surface area (Å²) in [5.74, 6) is -0.964. The van der Waals surface area contributed by atoms with Crippen molar-refractivity contribution >= 4 is 11.9 Å². The quantitative estimate of drug-likeness (QED) is 0.628. The maximum atomic E-state index is 12.6. The lowest BCUT2D eigenvalue weighted by Crippen LogP contribution is -2.65. The fraction of sp³-hybridized carbons (Fsp3) is 0.364. The van der Waals surface area contributed by atoms with Crippen molar-refractivity contribution in [1.29, 1.82) is 0 Å². The Hall–Kier alpha value is -2.74. The van der Waals surface area contributed by atoms with Gasteiger partial charge in [0.1, 0.15) is 12.2 Å². The minimum absolute atomic E-state index is 0.327. The van der Waals surface area contributed by atoms with E-state index in [2.05, 4.69) is 5.32 Å². The highest BCUT2D eigenvalue weighted by Gasteiger charge is 2.47. The summed E-state index contributed by atoms with van der Waals surface area (Å²) in [7, 11) is 0. The third-order valence-corrected chi connectivity index (χ3v) is 4.90. The molecule has 0 spiro atoms. The molecule has 1 amide bonds. The number of benzene rings is 2. The molecule has 2 aromatic rings. The predicted molar refractivity (Wildman–Crippen MR) is 105 cm³/mol. The largest absolute Gasteiger partial charge is 0.454 e. The first-order valence-corrected chi connectivity index (χ1v) is 9.51. The van der Waals surface area contributed by atoms with Crippen molar-refractivity contribution in [1.82, 2.24) is 5.32 Å². The summed E-state index contributed by atoms with van der Waals surface area (Å²) in [4.78, 5) is 24.4. The van der Waals surface area contributed by atoms with Crippen LogP contribution in [-0.2, 0) is 20.7 Å². The third kappa shape index (κ3) is 5.20. The third-order valence-electron chi connectivity index (χ3n) is 4.90. The Morgan fingerprint density at radius 1 is 1.03 bits per heavy atom. The van der Waals surface area contributed by atoms with E-state index in [9.17, 15) is 19.8 Å². The van der Waals surface area contributed by atoms with Crippen LogP contribution >= 0.6 is 0 Å². The molecular formula is C22H25NO6. The molecule has 3 rings (SSSR count). The molecule has 1 saturated heterocycles. The summed E-state index contributed by atoms with van der Waals surface area (Å²) in [6.45, 7) is 0.902. The Bertz CT molecular complexity index is 813.